The minimum Gasteiger partial charge on any atom is -0.493 e. The maximum atomic E-state index is 12.7. The number of nitrogens with one attached hydrogen (secondary N) is 1. The van der Waals surface area contributed by atoms with E-state index >= 15 is 0 Å². The van der Waals surface area contributed by atoms with Gasteiger partial charge in [0.2, 0.25) is 0 Å². The number of rotatable bonds is 8. The van der Waals surface area contributed by atoms with Crippen molar-refractivity contribution in [3.05, 3.63) is 23.8 Å². The van der Waals surface area contributed by atoms with Crippen molar-refractivity contribution in [2.75, 3.05) is 32.8 Å². The van der Waals surface area contributed by atoms with Gasteiger partial charge in [0.15, 0.2) is 0 Å². The minimum atomic E-state index is -0.125. The first-order chi connectivity index (χ1) is 11.2. The molecule has 0 radical (unpaired) electrons. The lowest BCUT2D eigenvalue weighted by Crippen LogP contribution is -2.40. The second-order valence-electron chi connectivity index (χ2n) is 5.63. The van der Waals surface area contributed by atoms with Crippen LogP contribution in [0.4, 0.5) is 0 Å². The molecule has 128 valence electrons. The van der Waals surface area contributed by atoms with Crippen LogP contribution in [0.3, 0.4) is 0 Å². The monoisotopic (exact) mass is 320 g/mol. The van der Waals surface area contributed by atoms with E-state index in [1.54, 1.807) is 0 Å². The van der Waals surface area contributed by atoms with E-state index in [0.29, 0.717) is 42.9 Å². The summed E-state index contributed by atoms with van der Waals surface area (Å²) in [7, 11) is 0. The summed E-state index contributed by atoms with van der Waals surface area (Å²) in [6, 6.07) is 5.91. The highest BCUT2D eigenvalue weighted by Crippen LogP contribution is 2.29. The molecule has 5 nitrogen and oxygen atoms in total. The van der Waals surface area contributed by atoms with Gasteiger partial charge in [-0.05, 0) is 51.9 Å². The number of ether oxygens (including phenoxy) is 2. The van der Waals surface area contributed by atoms with Gasteiger partial charge in [0, 0.05) is 12.6 Å². The number of likely N-dealkylation sites (N-methyl/N-ethyl adjacent to an activating group) is 1. The van der Waals surface area contributed by atoms with Gasteiger partial charge < -0.3 is 14.8 Å². The van der Waals surface area contributed by atoms with Gasteiger partial charge in [-0.15, -0.1) is 0 Å². The molecule has 0 aromatic heterocycles. The molecule has 1 saturated heterocycles. The summed E-state index contributed by atoms with van der Waals surface area (Å²) in [5.41, 5.74) is 0.497. The second-order valence-corrected chi connectivity index (χ2v) is 5.63. The molecule has 0 saturated carbocycles. The van der Waals surface area contributed by atoms with Crippen LogP contribution in [0.2, 0.25) is 0 Å². The molecule has 0 bridgehead atoms. The van der Waals surface area contributed by atoms with Crippen molar-refractivity contribution in [3.8, 4) is 11.5 Å². The summed E-state index contributed by atoms with van der Waals surface area (Å²) in [6.07, 6.45) is 2.34. The number of carbonyl (C=O) groups excluding carboxylic acids is 1. The number of benzene rings is 1. The zero-order chi connectivity index (χ0) is 16.7. The van der Waals surface area contributed by atoms with E-state index in [1.807, 2.05) is 32.0 Å². The van der Waals surface area contributed by atoms with Gasteiger partial charge in [-0.2, -0.15) is 0 Å². The molecule has 1 heterocycles. The fourth-order valence-corrected chi connectivity index (χ4v) is 3.13. The topological polar surface area (TPSA) is 50.8 Å². The Morgan fingerprint density at radius 3 is 2.43 bits per heavy atom. The Bertz CT molecular complexity index is 495. The third kappa shape index (κ3) is 4.38. The van der Waals surface area contributed by atoms with Crippen LogP contribution in [-0.4, -0.2) is 49.7 Å². The maximum absolute atomic E-state index is 12.7. The number of carbonyl (C=O) groups is 1. The zero-order valence-corrected chi connectivity index (χ0v) is 14.4. The number of hydrogen-bond donors (Lipinski definition) is 1. The Balaban J connectivity index is 2.10. The average molecular weight is 320 g/mol. The molecule has 1 aromatic carbocycles. The van der Waals surface area contributed by atoms with Crippen LogP contribution >= 0.6 is 0 Å². The van der Waals surface area contributed by atoms with Gasteiger partial charge in [0.25, 0.3) is 5.91 Å². The van der Waals surface area contributed by atoms with E-state index in [9.17, 15) is 4.79 Å². The third-order valence-corrected chi connectivity index (χ3v) is 4.22. The van der Waals surface area contributed by atoms with Gasteiger partial charge in [0.1, 0.15) is 17.1 Å². The fraction of sp³-hybridized carbons (Fsp3) is 0.611. The van der Waals surface area contributed by atoms with Gasteiger partial charge >= 0.3 is 0 Å². The molecule has 1 aliphatic rings. The number of amides is 1. The summed E-state index contributed by atoms with van der Waals surface area (Å²) >= 11 is 0. The highest BCUT2D eigenvalue weighted by Gasteiger charge is 2.25. The number of likely N-dealkylation sites (tertiary alicyclic amines) is 1. The van der Waals surface area contributed by atoms with Crippen LogP contribution in [-0.2, 0) is 0 Å². The summed E-state index contributed by atoms with van der Waals surface area (Å²) in [5.74, 6) is 1.03. The molecule has 1 aromatic rings. The molecule has 1 unspecified atom stereocenters. The van der Waals surface area contributed by atoms with Gasteiger partial charge in [-0.25, -0.2) is 0 Å². The highest BCUT2D eigenvalue weighted by molar-refractivity contribution is 5.99. The first-order valence-electron chi connectivity index (χ1n) is 8.62. The Morgan fingerprint density at radius 1 is 1.22 bits per heavy atom. The van der Waals surface area contributed by atoms with Crippen LogP contribution < -0.4 is 14.8 Å². The lowest BCUT2D eigenvalue weighted by Gasteiger charge is -2.23. The molecule has 5 heteroatoms. The van der Waals surface area contributed by atoms with Gasteiger partial charge in [-0.3, -0.25) is 9.69 Å². The normalized spacial score (nSPS) is 18.0. The van der Waals surface area contributed by atoms with E-state index in [-0.39, 0.29) is 5.91 Å². The van der Waals surface area contributed by atoms with Crippen molar-refractivity contribution in [3.63, 3.8) is 0 Å². The predicted molar refractivity (Wildman–Crippen MR) is 91.4 cm³/mol. The molecular formula is C18H28N2O3. The van der Waals surface area contributed by atoms with Crippen molar-refractivity contribution >= 4 is 5.91 Å². The molecule has 23 heavy (non-hydrogen) atoms. The molecule has 1 amide bonds. The summed E-state index contributed by atoms with van der Waals surface area (Å²) in [5, 5.41) is 3.06. The van der Waals surface area contributed by atoms with E-state index in [2.05, 4.69) is 17.1 Å². The predicted octanol–water partition coefficient (Wildman–Crippen LogP) is 2.70. The van der Waals surface area contributed by atoms with Crippen LogP contribution in [0.5, 0.6) is 11.5 Å². The molecule has 1 atom stereocenters. The lowest BCUT2D eigenvalue weighted by atomic mass is 10.1. The van der Waals surface area contributed by atoms with Crippen molar-refractivity contribution in [1.82, 2.24) is 10.2 Å². The SMILES string of the molecule is CCOc1cccc(OCC)c1C(=O)NCC1CCCN1CC. The first kappa shape index (κ1) is 17.6. The zero-order valence-electron chi connectivity index (χ0n) is 14.4. The number of hydrogen-bond acceptors (Lipinski definition) is 4. The summed E-state index contributed by atoms with van der Waals surface area (Å²) in [6.45, 7) is 9.83. The summed E-state index contributed by atoms with van der Waals surface area (Å²) < 4.78 is 11.2. The Labute approximate surface area is 139 Å². The Kier molecular flexibility index (Phi) is 6.71. The van der Waals surface area contributed by atoms with Crippen molar-refractivity contribution in [2.45, 2.75) is 39.7 Å². The number of nitrogens with zero attached hydrogens (tertiary/aromatic N) is 1. The fourth-order valence-electron chi connectivity index (χ4n) is 3.13. The quantitative estimate of drug-likeness (QED) is 0.800. The van der Waals surface area contributed by atoms with Gasteiger partial charge in [-0.1, -0.05) is 13.0 Å². The smallest absolute Gasteiger partial charge is 0.258 e. The molecule has 0 spiro atoms. The molecule has 2 rings (SSSR count). The standard InChI is InChI=1S/C18H28N2O3/c1-4-20-12-8-9-14(20)13-19-18(21)17-15(22-5-2)10-7-11-16(17)23-6-3/h7,10-11,14H,4-6,8-9,12-13H2,1-3H3,(H,19,21). The highest BCUT2D eigenvalue weighted by atomic mass is 16.5. The second kappa shape index (κ2) is 8.77. The van der Waals surface area contributed by atoms with E-state index in [1.165, 1.54) is 6.42 Å². The maximum Gasteiger partial charge on any atom is 0.258 e. The third-order valence-electron chi connectivity index (χ3n) is 4.22. The minimum absolute atomic E-state index is 0.125. The van der Waals surface area contributed by atoms with E-state index < -0.39 is 0 Å². The van der Waals surface area contributed by atoms with Crippen LogP contribution in [0.1, 0.15) is 44.0 Å². The van der Waals surface area contributed by atoms with Crippen molar-refractivity contribution in [1.29, 1.82) is 0 Å². The average Bonchev–Trinajstić information content (AvgIpc) is 3.01. The first-order valence-corrected chi connectivity index (χ1v) is 8.62. The molecule has 1 aliphatic heterocycles. The molecule has 0 aliphatic carbocycles. The molecule has 1 N–H and O–H groups in total. The Morgan fingerprint density at radius 2 is 1.87 bits per heavy atom. The molecular weight excluding hydrogens is 292 g/mol. The van der Waals surface area contributed by atoms with Crippen LogP contribution in [0, 0.1) is 0 Å². The largest absolute Gasteiger partial charge is 0.493 e. The van der Waals surface area contributed by atoms with Crippen LogP contribution in [0.15, 0.2) is 18.2 Å². The van der Waals surface area contributed by atoms with Gasteiger partial charge in [0.05, 0.1) is 13.2 Å². The van der Waals surface area contributed by atoms with E-state index in [4.69, 9.17) is 9.47 Å². The van der Waals surface area contributed by atoms with Crippen molar-refractivity contribution < 1.29 is 14.3 Å². The summed E-state index contributed by atoms with van der Waals surface area (Å²) in [4.78, 5) is 15.1. The van der Waals surface area contributed by atoms with Crippen molar-refractivity contribution in [2.24, 2.45) is 0 Å². The molecule has 1 fully saturated rings. The van der Waals surface area contributed by atoms with Crippen LogP contribution in [0.25, 0.3) is 0 Å². The lowest BCUT2D eigenvalue weighted by molar-refractivity contribution is 0.0933. The Hall–Kier alpha value is -1.75. The van der Waals surface area contributed by atoms with E-state index in [0.717, 1.165) is 19.5 Å².